The fraction of sp³-hybridized carbons (Fsp3) is 0.900. The molecule has 1 saturated carbocycles. The van der Waals surface area contributed by atoms with E-state index in [1.54, 1.807) is 0 Å². The van der Waals surface area contributed by atoms with E-state index in [0.717, 1.165) is 25.7 Å². The van der Waals surface area contributed by atoms with E-state index in [4.69, 9.17) is 10.5 Å². The molecule has 0 aliphatic heterocycles. The minimum atomic E-state index is -0.0399. The number of hydrogen-bond acceptors (Lipinski definition) is 3. The van der Waals surface area contributed by atoms with E-state index >= 15 is 0 Å². The van der Waals surface area contributed by atoms with Crippen LogP contribution in [0.4, 0.5) is 0 Å². The Labute approximate surface area is 91.8 Å². The summed E-state index contributed by atoms with van der Waals surface area (Å²) in [5.41, 5.74) is 5.75. The van der Waals surface area contributed by atoms with Crippen molar-refractivity contribution < 1.29 is 9.53 Å². The average Bonchev–Trinajstić information content (AvgIpc) is 2.04. The van der Waals surface area contributed by atoms with E-state index in [-0.39, 0.29) is 30.4 Å². The predicted octanol–water partition coefficient (Wildman–Crippen LogP) is 1.88. The van der Waals surface area contributed by atoms with Crippen LogP contribution < -0.4 is 5.73 Å². The maximum absolute atomic E-state index is 11.5. The van der Waals surface area contributed by atoms with Gasteiger partial charge in [0.1, 0.15) is 0 Å². The highest BCUT2D eigenvalue weighted by Gasteiger charge is 2.26. The average molecular weight is 222 g/mol. The van der Waals surface area contributed by atoms with Crippen LogP contribution in [0.1, 0.15) is 39.5 Å². The first-order valence-corrected chi connectivity index (χ1v) is 5.05. The number of rotatable bonds is 2. The third-order valence-corrected chi connectivity index (χ3v) is 2.46. The number of carbonyl (C=O) groups is 1. The van der Waals surface area contributed by atoms with Crippen molar-refractivity contribution in [1.29, 1.82) is 0 Å². The summed E-state index contributed by atoms with van der Waals surface area (Å²) in [5, 5.41) is 0. The molecule has 0 atom stereocenters. The fourth-order valence-corrected chi connectivity index (χ4v) is 1.68. The normalized spacial score (nSPS) is 26.9. The first-order chi connectivity index (χ1) is 6.09. The molecule has 0 saturated heterocycles. The molecule has 1 aliphatic carbocycles. The number of halogens is 1. The van der Waals surface area contributed by atoms with Crippen molar-refractivity contribution in [2.24, 2.45) is 11.7 Å². The van der Waals surface area contributed by atoms with E-state index in [0.29, 0.717) is 6.04 Å². The van der Waals surface area contributed by atoms with Crippen molar-refractivity contribution >= 4 is 18.4 Å². The molecule has 3 nitrogen and oxygen atoms in total. The van der Waals surface area contributed by atoms with Crippen molar-refractivity contribution in [3.8, 4) is 0 Å². The quantitative estimate of drug-likeness (QED) is 0.725. The highest BCUT2D eigenvalue weighted by Crippen LogP contribution is 2.24. The summed E-state index contributed by atoms with van der Waals surface area (Å²) in [6.45, 7) is 3.76. The topological polar surface area (TPSA) is 52.3 Å². The van der Waals surface area contributed by atoms with Crippen LogP contribution in [-0.4, -0.2) is 18.1 Å². The molecule has 14 heavy (non-hydrogen) atoms. The van der Waals surface area contributed by atoms with Crippen LogP contribution in [0.2, 0.25) is 0 Å². The summed E-state index contributed by atoms with van der Waals surface area (Å²) in [6.07, 6.45) is 3.71. The first-order valence-electron chi connectivity index (χ1n) is 5.05. The third kappa shape index (κ3) is 4.29. The fourth-order valence-electron chi connectivity index (χ4n) is 1.68. The molecule has 2 N–H and O–H groups in total. The summed E-state index contributed by atoms with van der Waals surface area (Å²) in [4.78, 5) is 11.5. The molecule has 0 spiro atoms. The van der Waals surface area contributed by atoms with Crippen LogP contribution >= 0.6 is 12.4 Å². The van der Waals surface area contributed by atoms with Gasteiger partial charge in [0.05, 0.1) is 12.0 Å². The number of nitrogens with two attached hydrogens (primary N) is 1. The van der Waals surface area contributed by atoms with Gasteiger partial charge in [-0.3, -0.25) is 4.79 Å². The van der Waals surface area contributed by atoms with Gasteiger partial charge in [-0.05, 0) is 39.5 Å². The van der Waals surface area contributed by atoms with E-state index in [9.17, 15) is 4.79 Å². The molecule has 0 amide bonds. The van der Waals surface area contributed by atoms with Gasteiger partial charge in [-0.2, -0.15) is 0 Å². The molecule has 0 unspecified atom stereocenters. The number of hydrogen-bond donors (Lipinski definition) is 1. The Hall–Kier alpha value is -0.280. The predicted molar refractivity (Wildman–Crippen MR) is 58.4 cm³/mol. The summed E-state index contributed by atoms with van der Waals surface area (Å²) >= 11 is 0. The Morgan fingerprint density at radius 3 is 2.21 bits per heavy atom. The van der Waals surface area contributed by atoms with Gasteiger partial charge < -0.3 is 10.5 Å². The van der Waals surface area contributed by atoms with Crippen molar-refractivity contribution in [3.63, 3.8) is 0 Å². The van der Waals surface area contributed by atoms with E-state index in [2.05, 4.69) is 0 Å². The Kier molecular flexibility index (Phi) is 6.12. The van der Waals surface area contributed by atoms with Gasteiger partial charge in [0, 0.05) is 6.04 Å². The lowest BCUT2D eigenvalue weighted by atomic mass is 9.86. The second kappa shape index (κ2) is 6.25. The summed E-state index contributed by atoms with van der Waals surface area (Å²) in [5.74, 6) is 0.0594. The lowest BCUT2D eigenvalue weighted by Gasteiger charge is -2.25. The number of esters is 1. The van der Waals surface area contributed by atoms with Crippen LogP contribution in [0.25, 0.3) is 0 Å². The summed E-state index contributed by atoms with van der Waals surface area (Å²) < 4.78 is 5.15. The zero-order valence-electron chi connectivity index (χ0n) is 8.86. The van der Waals surface area contributed by atoms with Crippen LogP contribution in [0.15, 0.2) is 0 Å². The summed E-state index contributed by atoms with van der Waals surface area (Å²) in [6, 6.07) is 0.295. The Balaban J connectivity index is 0.00000169. The second-order valence-electron chi connectivity index (χ2n) is 4.10. The highest BCUT2D eigenvalue weighted by atomic mass is 35.5. The molecular weight excluding hydrogens is 202 g/mol. The Morgan fingerprint density at radius 2 is 1.79 bits per heavy atom. The molecule has 0 aromatic rings. The molecule has 1 aliphatic rings. The monoisotopic (exact) mass is 221 g/mol. The van der Waals surface area contributed by atoms with Crippen molar-refractivity contribution in [2.45, 2.75) is 51.7 Å². The lowest BCUT2D eigenvalue weighted by Crippen LogP contribution is -2.31. The molecule has 0 radical (unpaired) electrons. The molecular formula is C10H20ClNO2. The van der Waals surface area contributed by atoms with Gasteiger partial charge in [0.2, 0.25) is 0 Å². The molecule has 4 heteroatoms. The maximum atomic E-state index is 11.5. The summed E-state index contributed by atoms with van der Waals surface area (Å²) in [7, 11) is 0. The van der Waals surface area contributed by atoms with Crippen molar-refractivity contribution in [3.05, 3.63) is 0 Å². The zero-order chi connectivity index (χ0) is 9.84. The van der Waals surface area contributed by atoms with Crippen molar-refractivity contribution in [1.82, 2.24) is 0 Å². The van der Waals surface area contributed by atoms with Crippen LogP contribution in [0.3, 0.4) is 0 Å². The SMILES string of the molecule is CC(C)OC(=O)C1CCC(N)CC1.Cl. The van der Waals surface area contributed by atoms with Gasteiger partial charge in [-0.15, -0.1) is 12.4 Å². The van der Waals surface area contributed by atoms with E-state index in [1.165, 1.54) is 0 Å². The smallest absolute Gasteiger partial charge is 0.309 e. The molecule has 84 valence electrons. The third-order valence-electron chi connectivity index (χ3n) is 2.46. The van der Waals surface area contributed by atoms with Crippen LogP contribution in [0.5, 0.6) is 0 Å². The Morgan fingerprint density at radius 1 is 1.29 bits per heavy atom. The van der Waals surface area contributed by atoms with E-state index < -0.39 is 0 Å². The minimum absolute atomic E-state index is 0. The van der Waals surface area contributed by atoms with Gasteiger partial charge in [-0.25, -0.2) is 0 Å². The van der Waals surface area contributed by atoms with Gasteiger partial charge in [0.25, 0.3) is 0 Å². The number of carbonyl (C=O) groups excluding carboxylic acids is 1. The molecule has 1 rings (SSSR count). The lowest BCUT2D eigenvalue weighted by molar-refractivity contribution is -0.153. The van der Waals surface area contributed by atoms with Crippen LogP contribution in [0, 0.1) is 5.92 Å². The van der Waals surface area contributed by atoms with Gasteiger partial charge in [-0.1, -0.05) is 0 Å². The molecule has 0 bridgehead atoms. The minimum Gasteiger partial charge on any atom is -0.463 e. The van der Waals surface area contributed by atoms with Gasteiger partial charge in [0.15, 0.2) is 0 Å². The zero-order valence-corrected chi connectivity index (χ0v) is 9.68. The Bertz CT molecular complexity index is 177. The first kappa shape index (κ1) is 13.7. The van der Waals surface area contributed by atoms with E-state index in [1.807, 2.05) is 13.8 Å². The molecule has 0 aromatic heterocycles. The second-order valence-corrected chi connectivity index (χ2v) is 4.10. The number of ether oxygens (including phenoxy) is 1. The highest BCUT2D eigenvalue weighted by molar-refractivity contribution is 5.85. The van der Waals surface area contributed by atoms with Gasteiger partial charge >= 0.3 is 5.97 Å². The molecule has 0 aromatic carbocycles. The maximum Gasteiger partial charge on any atom is 0.309 e. The largest absolute Gasteiger partial charge is 0.463 e. The molecule has 1 fully saturated rings. The van der Waals surface area contributed by atoms with Crippen molar-refractivity contribution in [2.75, 3.05) is 0 Å². The molecule has 0 heterocycles. The standard InChI is InChI=1S/C10H19NO2.ClH/c1-7(2)13-10(12)8-3-5-9(11)6-4-8;/h7-9H,3-6,11H2,1-2H3;1H. The van der Waals surface area contributed by atoms with Crippen LogP contribution in [-0.2, 0) is 9.53 Å².